The summed E-state index contributed by atoms with van der Waals surface area (Å²) in [5.41, 5.74) is 0.101. The molecular formula is C20H27F2N3O3. The highest BCUT2D eigenvalue weighted by Gasteiger charge is 2.34. The quantitative estimate of drug-likeness (QED) is 0.832. The third kappa shape index (κ3) is 4.79. The van der Waals surface area contributed by atoms with E-state index in [0.717, 1.165) is 25.8 Å². The Morgan fingerprint density at radius 1 is 1.11 bits per heavy atom. The maximum absolute atomic E-state index is 13.0. The Morgan fingerprint density at radius 3 is 2.57 bits per heavy atom. The van der Waals surface area contributed by atoms with E-state index >= 15 is 0 Å². The van der Waals surface area contributed by atoms with Crippen LogP contribution in [0.5, 0.6) is 5.75 Å². The lowest BCUT2D eigenvalue weighted by Crippen LogP contribution is -2.52. The number of alkyl halides is 2. The smallest absolute Gasteiger partial charge is 0.387 e. The van der Waals surface area contributed by atoms with Crippen LogP contribution >= 0.6 is 0 Å². The van der Waals surface area contributed by atoms with Crippen molar-refractivity contribution in [2.45, 2.75) is 38.3 Å². The Kier molecular flexibility index (Phi) is 6.83. The normalized spacial score (nSPS) is 23.0. The summed E-state index contributed by atoms with van der Waals surface area (Å²) in [4.78, 5) is 29.3. The minimum atomic E-state index is -3.00. The molecule has 2 atom stereocenters. The number of hydrogen-bond acceptors (Lipinski definition) is 4. The zero-order chi connectivity index (χ0) is 20.1. The first-order valence-electron chi connectivity index (χ1n) is 9.78. The van der Waals surface area contributed by atoms with Crippen LogP contribution in [0.1, 0.15) is 36.0 Å². The molecule has 0 aromatic heterocycles. The molecule has 2 amide bonds. The largest absolute Gasteiger partial charge is 0.434 e. The molecule has 2 fully saturated rings. The number of benzene rings is 1. The zero-order valence-corrected chi connectivity index (χ0v) is 16.1. The van der Waals surface area contributed by atoms with Gasteiger partial charge in [0.25, 0.3) is 5.91 Å². The molecule has 2 aliphatic heterocycles. The maximum atomic E-state index is 13.0. The van der Waals surface area contributed by atoms with E-state index in [9.17, 15) is 18.4 Å². The van der Waals surface area contributed by atoms with Crippen LogP contribution in [0.4, 0.5) is 8.78 Å². The third-order valence-electron chi connectivity index (χ3n) is 5.53. The van der Waals surface area contributed by atoms with Gasteiger partial charge in [0.15, 0.2) is 0 Å². The van der Waals surface area contributed by atoms with Gasteiger partial charge in [-0.15, -0.1) is 0 Å². The molecule has 0 aliphatic carbocycles. The summed E-state index contributed by atoms with van der Waals surface area (Å²) in [7, 11) is 1.90. The Hall–Kier alpha value is -2.22. The van der Waals surface area contributed by atoms with Crippen LogP contribution in [0.25, 0.3) is 0 Å². The predicted octanol–water partition coefficient (Wildman–Crippen LogP) is 2.35. The average Bonchev–Trinajstić information content (AvgIpc) is 2.73. The molecule has 6 nitrogen and oxygen atoms in total. The number of para-hydroxylation sites is 1. The summed E-state index contributed by atoms with van der Waals surface area (Å²) >= 11 is 0. The number of carbonyl (C=O) groups is 2. The van der Waals surface area contributed by atoms with E-state index in [2.05, 4.69) is 10.1 Å². The van der Waals surface area contributed by atoms with Crippen LogP contribution in [0, 0.1) is 5.92 Å². The average molecular weight is 395 g/mol. The van der Waals surface area contributed by atoms with Crippen LogP contribution in [0.2, 0.25) is 0 Å². The van der Waals surface area contributed by atoms with E-state index in [0.29, 0.717) is 32.1 Å². The molecule has 1 aromatic rings. The lowest BCUT2D eigenvalue weighted by atomic mass is 9.94. The molecule has 0 spiro atoms. The van der Waals surface area contributed by atoms with Crippen molar-refractivity contribution in [2.24, 2.45) is 5.92 Å². The molecule has 2 unspecified atom stereocenters. The fourth-order valence-corrected chi connectivity index (χ4v) is 4.05. The maximum Gasteiger partial charge on any atom is 0.387 e. The Balaban J connectivity index is 1.68. The Labute approximate surface area is 163 Å². The molecule has 0 bridgehead atoms. The molecule has 1 N–H and O–H groups in total. The lowest BCUT2D eigenvalue weighted by molar-refractivity contribution is -0.138. The van der Waals surface area contributed by atoms with Gasteiger partial charge in [0.2, 0.25) is 5.91 Å². The van der Waals surface area contributed by atoms with Crippen molar-refractivity contribution in [3.63, 3.8) is 0 Å². The molecule has 0 radical (unpaired) electrons. The number of rotatable bonds is 5. The standard InChI is InChI=1S/C20H27F2N3O3/c1-23-15-7-5-11-25(13-15)18(26)14-6-4-10-24(12-14)19(27)16-8-2-3-9-17(16)28-20(21)22/h2-3,8-9,14-15,20,23H,4-7,10-13H2,1H3. The third-order valence-corrected chi connectivity index (χ3v) is 5.53. The molecule has 2 saturated heterocycles. The minimum Gasteiger partial charge on any atom is -0.434 e. The molecule has 8 heteroatoms. The van der Waals surface area contributed by atoms with Gasteiger partial charge in [-0.2, -0.15) is 8.78 Å². The second-order valence-electron chi connectivity index (χ2n) is 7.38. The molecule has 28 heavy (non-hydrogen) atoms. The molecule has 154 valence electrons. The van der Waals surface area contributed by atoms with Gasteiger partial charge in [-0.05, 0) is 44.9 Å². The van der Waals surface area contributed by atoms with Gasteiger partial charge < -0.3 is 19.9 Å². The van der Waals surface area contributed by atoms with E-state index in [4.69, 9.17) is 0 Å². The summed E-state index contributed by atoms with van der Waals surface area (Å²) in [5.74, 6) is -0.685. The fourth-order valence-electron chi connectivity index (χ4n) is 4.05. The van der Waals surface area contributed by atoms with Crippen LogP contribution in [-0.4, -0.2) is 67.5 Å². The topological polar surface area (TPSA) is 61.9 Å². The van der Waals surface area contributed by atoms with Crippen molar-refractivity contribution >= 4 is 11.8 Å². The number of amides is 2. The summed E-state index contributed by atoms with van der Waals surface area (Å²) in [6.07, 6.45) is 3.46. The number of hydrogen-bond donors (Lipinski definition) is 1. The number of halogens is 2. The highest BCUT2D eigenvalue weighted by atomic mass is 19.3. The van der Waals surface area contributed by atoms with Crippen LogP contribution in [0.3, 0.4) is 0 Å². The first kappa shape index (κ1) is 20.5. The van der Waals surface area contributed by atoms with Gasteiger partial charge in [0, 0.05) is 32.2 Å². The fraction of sp³-hybridized carbons (Fsp3) is 0.600. The second kappa shape index (κ2) is 9.32. The van der Waals surface area contributed by atoms with Crippen LogP contribution in [-0.2, 0) is 4.79 Å². The number of nitrogens with one attached hydrogen (secondary N) is 1. The number of piperidine rings is 2. The van der Waals surface area contributed by atoms with Gasteiger partial charge in [-0.25, -0.2) is 0 Å². The highest BCUT2D eigenvalue weighted by molar-refractivity contribution is 5.97. The molecule has 2 heterocycles. The lowest BCUT2D eigenvalue weighted by Gasteiger charge is -2.38. The zero-order valence-electron chi connectivity index (χ0n) is 16.1. The number of likely N-dealkylation sites (N-methyl/N-ethyl adjacent to an activating group) is 1. The highest BCUT2D eigenvalue weighted by Crippen LogP contribution is 2.26. The van der Waals surface area contributed by atoms with Crippen molar-refractivity contribution in [1.29, 1.82) is 0 Å². The van der Waals surface area contributed by atoms with E-state index < -0.39 is 6.61 Å². The van der Waals surface area contributed by atoms with Gasteiger partial charge in [0.05, 0.1) is 11.5 Å². The summed E-state index contributed by atoms with van der Waals surface area (Å²) < 4.78 is 29.8. The van der Waals surface area contributed by atoms with Gasteiger partial charge >= 0.3 is 6.61 Å². The monoisotopic (exact) mass is 395 g/mol. The van der Waals surface area contributed by atoms with Crippen LogP contribution in [0.15, 0.2) is 24.3 Å². The number of carbonyl (C=O) groups excluding carboxylic acids is 2. The summed E-state index contributed by atoms with van der Waals surface area (Å²) in [6, 6.07) is 6.30. The molecule has 2 aliphatic rings. The van der Waals surface area contributed by atoms with Crippen molar-refractivity contribution in [3.05, 3.63) is 29.8 Å². The molecular weight excluding hydrogens is 368 g/mol. The Bertz CT molecular complexity index is 701. The van der Waals surface area contributed by atoms with Crippen LogP contribution < -0.4 is 10.1 Å². The van der Waals surface area contributed by atoms with Crippen molar-refractivity contribution < 1.29 is 23.1 Å². The molecule has 0 saturated carbocycles. The predicted molar refractivity (Wildman–Crippen MR) is 100 cm³/mol. The SMILES string of the molecule is CNC1CCCN(C(=O)C2CCCN(C(=O)c3ccccc3OC(F)F)C2)C1. The molecule has 1 aromatic carbocycles. The minimum absolute atomic E-state index is 0.0783. The first-order valence-corrected chi connectivity index (χ1v) is 9.78. The van der Waals surface area contributed by atoms with Crippen molar-refractivity contribution in [1.82, 2.24) is 15.1 Å². The summed E-state index contributed by atoms with van der Waals surface area (Å²) in [5, 5.41) is 3.23. The Morgan fingerprint density at radius 2 is 1.82 bits per heavy atom. The van der Waals surface area contributed by atoms with Gasteiger partial charge in [-0.1, -0.05) is 12.1 Å². The van der Waals surface area contributed by atoms with Gasteiger partial charge in [0.1, 0.15) is 5.75 Å². The number of nitrogens with zero attached hydrogens (tertiary/aromatic N) is 2. The van der Waals surface area contributed by atoms with Crippen molar-refractivity contribution in [2.75, 3.05) is 33.2 Å². The van der Waals surface area contributed by atoms with E-state index in [1.54, 1.807) is 17.0 Å². The van der Waals surface area contributed by atoms with Gasteiger partial charge in [-0.3, -0.25) is 9.59 Å². The van der Waals surface area contributed by atoms with Crippen molar-refractivity contribution in [3.8, 4) is 5.75 Å². The number of ether oxygens (including phenoxy) is 1. The first-order chi connectivity index (χ1) is 13.5. The van der Waals surface area contributed by atoms with E-state index in [-0.39, 0.29) is 29.0 Å². The van der Waals surface area contributed by atoms with E-state index in [1.165, 1.54) is 12.1 Å². The summed E-state index contributed by atoms with van der Waals surface area (Å²) in [6.45, 7) is -0.757. The van der Waals surface area contributed by atoms with E-state index in [1.807, 2.05) is 11.9 Å². The second-order valence-corrected chi connectivity index (χ2v) is 7.38. The number of likely N-dealkylation sites (tertiary alicyclic amines) is 2. The molecule has 3 rings (SSSR count).